The summed E-state index contributed by atoms with van der Waals surface area (Å²) in [6.45, 7) is 2.07. The van der Waals surface area contributed by atoms with Crippen LogP contribution in [-0.4, -0.2) is 10.2 Å². The molecule has 150 valence electrons. The first kappa shape index (κ1) is 20.5. The minimum atomic E-state index is -0.231. The highest BCUT2D eigenvalue weighted by Crippen LogP contribution is 2.33. The number of carbonyl (C=O) groups excluding carboxylic acids is 1. The van der Waals surface area contributed by atoms with Crippen molar-refractivity contribution in [2.45, 2.75) is 19.1 Å². The van der Waals surface area contributed by atoms with Gasteiger partial charge in [-0.2, -0.15) is 0 Å². The van der Waals surface area contributed by atoms with Crippen molar-refractivity contribution >= 4 is 40.3 Å². The number of nitrogens with one attached hydrogen (secondary N) is 1. The Labute approximate surface area is 186 Å². The lowest BCUT2D eigenvalue weighted by atomic mass is 9.98. The van der Waals surface area contributed by atoms with Gasteiger partial charge < -0.3 is 10.1 Å². The molecule has 0 aliphatic carbocycles. The fourth-order valence-corrected chi connectivity index (χ4v) is 4.41. The average Bonchev–Trinajstić information content (AvgIpc) is 3.09. The molecule has 1 aliphatic heterocycles. The lowest BCUT2D eigenvalue weighted by Gasteiger charge is -2.24. The van der Waals surface area contributed by atoms with Gasteiger partial charge in [0.25, 0.3) is 5.91 Å². The fourth-order valence-electron chi connectivity index (χ4n) is 3.37. The number of benzene rings is 3. The maximum atomic E-state index is 12.0. The van der Waals surface area contributed by atoms with Crippen molar-refractivity contribution in [2.75, 3.05) is 0 Å². The zero-order valence-electron chi connectivity index (χ0n) is 16.4. The largest absolute Gasteiger partial charge is 0.361 e. The minimum Gasteiger partial charge on any atom is -0.361 e. The summed E-state index contributed by atoms with van der Waals surface area (Å²) in [7, 11) is 0. The Morgan fingerprint density at radius 3 is 2.17 bits per heavy atom. The Kier molecular flexibility index (Phi) is 6.43. The summed E-state index contributed by atoms with van der Waals surface area (Å²) in [6, 6.07) is 28.5. The maximum absolute atomic E-state index is 12.0. The van der Waals surface area contributed by atoms with Gasteiger partial charge >= 0.3 is 0 Å². The van der Waals surface area contributed by atoms with Crippen LogP contribution in [0.4, 0.5) is 0 Å². The van der Waals surface area contributed by atoms with Crippen LogP contribution in [0.15, 0.2) is 89.8 Å². The van der Waals surface area contributed by atoms with E-state index in [1.807, 2.05) is 54.6 Å². The normalized spacial score (nSPS) is 17.0. The molecule has 1 unspecified atom stereocenters. The summed E-state index contributed by atoms with van der Waals surface area (Å²) in [6.07, 6.45) is 1.56. The Bertz CT molecular complexity index is 1080. The monoisotopic (exact) mass is 431 g/mol. The van der Waals surface area contributed by atoms with Crippen molar-refractivity contribution in [3.63, 3.8) is 0 Å². The second kappa shape index (κ2) is 9.39. The topological polar surface area (TPSA) is 38.3 Å². The Balaban J connectivity index is 1.67. The Hall–Kier alpha value is -2.73. The molecule has 5 heteroatoms. The summed E-state index contributed by atoms with van der Waals surface area (Å²) in [4.78, 5) is 12.6. The van der Waals surface area contributed by atoms with Gasteiger partial charge in [0.2, 0.25) is 0 Å². The van der Waals surface area contributed by atoms with Crippen molar-refractivity contribution < 1.29 is 9.53 Å². The molecular formula is C25H21NO2S2. The molecule has 1 heterocycles. The maximum Gasteiger partial charge on any atom is 0.263 e. The second-order valence-corrected chi connectivity index (χ2v) is 8.72. The molecule has 0 saturated carbocycles. The number of hydrogen-bond acceptors (Lipinski definition) is 4. The molecule has 1 saturated heterocycles. The number of ether oxygens (including phenoxy) is 1. The van der Waals surface area contributed by atoms with Crippen LogP contribution in [0, 0.1) is 0 Å². The molecule has 3 aromatic rings. The molecule has 1 N–H and O–H groups in total. The van der Waals surface area contributed by atoms with Crippen LogP contribution in [0.25, 0.3) is 6.08 Å². The van der Waals surface area contributed by atoms with Crippen LogP contribution in [0.5, 0.6) is 0 Å². The Morgan fingerprint density at radius 1 is 0.900 bits per heavy atom. The molecule has 3 nitrogen and oxygen atoms in total. The summed E-state index contributed by atoms with van der Waals surface area (Å²) in [5, 5.41) is 2.66. The third-order valence-corrected chi connectivity index (χ3v) is 6.03. The highest BCUT2D eigenvalue weighted by atomic mass is 32.2. The van der Waals surface area contributed by atoms with E-state index < -0.39 is 0 Å². The van der Waals surface area contributed by atoms with Crippen molar-refractivity contribution in [1.29, 1.82) is 0 Å². The molecule has 30 heavy (non-hydrogen) atoms. The lowest BCUT2D eigenvalue weighted by Crippen LogP contribution is -2.17. The van der Waals surface area contributed by atoms with Gasteiger partial charge in [-0.25, -0.2) is 0 Å². The number of hydrogen-bond donors (Lipinski definition) is 1. The van der Waals surface area contributed by atoms with E-state index in [9.17, 15) is 4.79 Å². The van der Waals surface area contributed by atoms with Gasteiger partial charge in [0.1, 0.15) is 10.4 Å². The number of amides is 1. The predicted molar refractivity (Wildman–Crippen MR) is 127 cm³/mol. The number of carbonyl (C=O) groups is 1. The van der Waals surface area contributed by atoms with Gasteiger partial charge in [-0.1, -0.05) is 103 Å². The van der Waals surface area contributed by atoms with Crippen molar-refractivity contribution in [3.05, 3.63) is 112 Å². The quantitative estimate of drug-likeness (QED) is 0.381. The van der Waals surface area contributed by atoms with Crippen LogP contribution < -0.4 is 5.32 Å². The molecule has 0 aromatic heterocycles. The van der Waals surface area contributed by atoms with Crippen molar-refractivity contribution in [3.8, 4) is 0 Å². The van der Waals surface area contributed by atoms with Crippen molar-refractivity contribution in [1.82, 2.24) is 5.32 Å². The second-order valence-electron chi connectivity index (χ2n) is 7.00. The zero-order valence-corrected chi connectivity index (χ0v) is 18.1. The summed E-state index contributed by atoms with van der Waals surface area (Å²) < 4.78 is 7.04. The van der Waals surface area contributed by atoms with Crippen LogP contribution in [-0.2, 0) is 9.53 Å². The van der Waals surface area contributed by atoms with Gasteiger partial charge in [0.05, 0.1) is 11.0 Å². The van der Waals surface area contributed by atoms with E-state index in [2.05, 4.69) is 48.6 Å². The molecule has 0 radical (unpaired) electrons. The zero-order chi connectivity index (χ0) is 20.9. The van der Waals surface area contributed by atoms with Crippen LogP contribution in [0.2, 0.25) is 0 Å². The lowest BCUT2D eigenvalue weighted by molar-refractivity contribution is -0.115. The Morgan fingerprint density at radius 2 is 1.53 bits per heavy atom. The van der Waals surface area contributed by atoms with E-state index in [0.29, 0.717) is 9.23 Å². The summed E-state index contributed by atoms with van der Waals surface area (Å²) >= 11 is 6.37. The molecule has 1 fully saturated rings. The minimum absolute atomic E-state index is 0.0769. The summed E-state index contributed by atoms with van der Waals surface area (Å²) in [5.41, 5.74) is 4.18. The van der Waals surface area contributed by atoms with Gasteiger partial charge in [0, 0.05) is 0 Å². The SMILES string of the molecule is C[C@@H](OC(c1ccccc1)c1cccc(C=C2SC(=S)NC2=O)c1)c1ccccc1. The molecular weight excluding hydrogens is 410 g/mol. The number of rotatable bonds is 6. The molecule has 1 amide bonds. The molecule has 3 aromatic carbocycles. The van der Waals surface area contributed by atoms with E-state index in [4.69, 9.17) is 17.0 Å². The molecule has 1 aliphatic rings. The van der Waals surface area contributed by atoms with Gasteiger partial charge in [-0.05, 0) is 41.3 Å². The average molecular weight is 432 g/mol. The standard InChI is InChI=1S/C25H21NO2S2/c1-17(19-10-4-2-5-11-19)28-23(20-12-6-3-7-13-20)21-14-8-9-18(15-21)16-22-24(27)26-25(29)30-22/h2-17,23H,1H3,(H,26,27,29)/t17-,23?/m1/s1. The third kappa shape index (κ3) is 4.87. The molecule has 4 rings (SSSR count). The molecule has 2 atom stereocenters. The van der Waals surface area contributed by atoms with Gasteiger partial charge in [-0.15, -0.1) is 0 Å². The van der Waals surface area contributed by atoms with E-state index in [0.717, 1.165) is 22.3 Å². The van der Waals surface area contributed by atoms with Crippen LogP contribution >= 0.6 is 24.0 Å². The summed E-state index contributed by atoms with van der Waals surface area (Å²) in [5.74, 6) is -0.149. The smallest absolute Gasteiger partial charge is 0.263 e. The molecule has 0 bridgehead atoms. The third-order valence-electron chi connectivity index (χ3n) is 4.86. The fraction of sp³-hybridized carbons (Fsp3) is 0.120. The first-order valence-electron chi connectivity index (χ1n) is 9.70. The van der Waals surface area contributed by atoms with Gasteiger partial charge in [-0.3, -0.25) is 4.79 Å². The number of thioether (sulfide) groups is 1. The van der Waals surface area contributed by atoms with Crippen LogP contribution in [0.3, 0.4) is 0 Å². The predicted octanol–water partition coefficient (Wildman–Crippen LogP) is 6.04. The highest BCUT2D eigenvalue weighted by molar-refractivity contribution is 8.26. The highest BCUT2D eigenvalue weighted by Gasteiger charge is 2.23. The van der Waals surface area contributed by atoms with E-state index in [-0.39, 0.29) is 18.1 Å². The van der Waals surface area contributed by atoms with E-state index in [1.165, 1.54) is 11.8 Å². The first-order chi connectivity index (χ1) is 14.6. The van der Waals surface area contributed by atoms with E-state index in [1.54, 1.807) is 0 Å². The number of thiocarbonyl (C=S) groups is 1. The van der Waals surface area contributed by atoms with Gasteiger partial charge in [0.15, 0.2) is 0 Å². The first-order valence-corrected chi connectivity index (χ1v) is 10.9. The van der Waals surface area contributed by atoms with Crippen LogP contribution in [0.1, 0.15) is 41.4 Å². The van der Waals surface area contributed by atoms with E-state index >= 15 is 0 Å². The molecule has 0 spiro atoms. The van der Waals surface area contributed by atoms with Crippen molar-refractivity contribution in [2.24, 2.45) is 0 Å².